The molecule has 0 aliphatic carbocycles. The maximum absolute atomic E-state index is 13.0. The minimum atomic E-state index is -0.0685. The molecule has 0 amide bonds. The molecule has 0 bridgehead atoms. The third kappa shape index (κ3) is 3.40. The quantitative estimate of drug-likeness (QED) is 0.444. The Balaban J connectivity index is 1.87. The summed E-state index contributed by atoms with van der Waals surface area (Å²) in [4.78, 5) is 18.2. The van der Waals surface area contributed by atoms with Crippen LogP contribution in [0.3, 0.4) is 0 Å². The Morgan fingerprint density at radius 3 is 2.79 bits per heavy atom. The average Bonchev–Trinajstić information content (AvgIpc) is 3.15. The fourth-order valence-corrected chi connectivity index (χ4v) is 4.44. The molecule has 0 saturated carbocycles. The number of ether oxygens (including phenoxy) is 2. The number of aromatic nitrogens is 2. The van der Waals surface area contributed by atoms with Gasteiger partial charge in [0, 0.05) is 4.47 Å². The van der Waals surface area contributed by atoms with Crippen molar-refractivity contribution in [1.82, 2.24) is 9.38 Å². The second-order valence-electron chi connectivity index (χ2n) is 6.55. The summed E-state index contributed by atoms with van der Waals surface area (Å²) in [6, 6.07) is 11.4. The van der Waals surface area contributed by atoms with E-state index >= 15 is 0 Å². The largest absolute Gasteiger partial charge is 0.490 e. The minimum Gasteiger partial charge on any atom is -0.490 e. The SMILES string of the molecule is CCOc1cc(C=c2sc3nc4ccccc4n3c2=O)c(Br)cc1OC(C)C. The molecule has 144 valence electrons. The van der Waals surface area contributed by atoms with Gasteiger partial charge in [-0.15, -0.1) is 0 Å². The summed E-state index contributed by atoms with van der Waals surface area (Å²) in [6.07, 6.45) is 1.90. The standard InChI is InChI=1S/C21H19BrN2O3S/c1-4-26-17-9-13(14(22)11-18(17)27-12(2)3)10-19-20(25)24-16-8-6-5-7-15(16)23-21(24)28-19/h5-12H,4H2,1-3H3. The van der Waals surface area contributed by atoms with Crippen molar-refractivity contribution in [3.05, 3.63) is 61.3 Å². The molecule has 0 aliphatic rings. The molecule has 0 atom stereocenters. The van der Waals surface area contributed by atoms with Crippen LogP contribution in [-0.4, -0.2) is 22.1 Å². The predicted octanol–water partition coefficient (Wildman–Crippen LogP) is 4.41. The van der Waals surface area contributed by atoms with Gasteiger partial charge in [0.1, 0.15) is 0 Å². The molecule has 2 aromatic heterocycles. The molecule has 0 saturated heterocycles. The highest BCUT2D eigenvalue weighted by molar-refractivity contribution is 9.10. The molecule has 0 spiro atoms. The Hall–Kier alpha value is -2.38. The first-order valence-corrected chi connectivity index (χ1v) is 10.6. The maximum atomic E-state index is 13.0. The number of hydrogen-bond donors (Lipinski definition) is 0. The van der Waals surface area contributed by atoms with Crippen LogP contribution in [0.1, 0.15) is 26.3 Å². The lowest BCUT2D eigenvalue weighted by atomic mass is 10.2. The van der Waals surface area contributed by atoms with Crippen molar-refractivity contribution in [2.75, 3.05) is 6.61 Å². The third-order valence-electron chi connectivity index (χ3n) is 4.16. The molecule has 0 N–H and O–H groups in total. The average molecular weight is 459 g/mol. The molecule has 0 fully saturated rings. The Kier molecular flexibility index (Phi) is 5.12. The molecule has 4 rings (SSSR count). The molecular formula is C21H19BrN2O3S. The molecule has 0 unspecified atom stereocenters. The fourth-order valence-electron chi connectivity index (χ4n) is 3.03. The third-order valence-corrected chi connectivity index (χ3v) is 5.81. The van der Waals surface area contributed by atoms with E-state index in [0.717, 1.165) is 21.1 Å². The van der Waals surface area contributed by atoms with Gasteiger partial charge in [-0.25, -0.2) is 9.38 Å². The molecular weight excluding hydrogens is 440 g/mol. The zero-order valence-corrected chi connectivity index (χ0v) is 18.1. The van der Waals surface area contributed by atoms with Crippen LogP contribution >= 0.6 is 27.3 Å². The highest BCUT2D eigenvalue weighted by atomic mass is 79.9. The van der Waals surface area contributed by atoms with Crippen LogP contribution in [0.4, 0.5) is 0 Å². The minimum absolute atomic E-state index is 0.0348. The zero-order valence-electron chi connectivity index (χ0n) is 15.7. The Morgan fingerprint density at radius 1 is 1.25 bits per heavy atom. The fraction of sp³-hybridized carbons (Fsp3) is 0.238. The summed E-state index contributed by atoms with van der Waals surface area (Å²) in [6.45, 7) is 6.40. The van der Waals surface area contributed by atoms with Crippen molar-refractivity contribution in [3.63, 3.8) is 0 Å². The first kappa shape index (κ1) is 19.0. The highest BCUT2D eigenvalue weighted by Crippen LogP contribution is 2.35. The van der Waals surface area contributed by atoms with Crippen LogP contribution in [0.15, 0.2) is 45.7 Å². The summed E-state index contributed by atoms with van der Waals surface area (Å²) in [5, 5.41) is 0. The van der Waals surface area contributed by atoms with Crippen molar-refractivity contribution in [1.29, 1.82) is 0 Å². The second-order valence-corrected chi connectivity index (χ2v) is 8.42. The molecule has 4 aromatic rings. The summed E-state index contributed by atoms with van der Waals surface area (Å²) < 4.78 is 14.7. The topological polar surface area (TPSA) is 52.8 Å². The van der Waals surface area contributed by atoms with Gasteiger partial charge in [0.25, 0.3) is 5.56 Å². The highest BCUT2D eigenvalue weighted by Gasteiger charge is 2.14. The Bertz CT molecular complexity index is 1280. The van der Waals surface area contributed by atoms with Crippen LogP contribution in [0.5, 0.6) is 11.5 Å². The van der Waals surface area contributed by atoms with Crippen LogP contribution in [0.2, 0.25) is 0 Å². The maximum Gasteiger partial charge on any atom is 0.274 e. The monoisotopic (exact) mass is 458 g/mol. The van der Waals surface area contributed by atoms with E-state index in [1.807, 2.05) is 63.2 Å². The van der Waals surface area contributed by atoms with Gasteiger partial charge in [-0.05, 0) is 56.7 Å². The number of benzene rings is 2. The molecule has 0 radical (unpaired) electrons. The number of hydrogen-bond acceptors (Lipinski definition) is 5. The van der Waals surface area contributed by atoms with Crippen molar-refractivity contribution in [3.8, 4) is 11.5 Å². The van der Waals surface area contributed by atoms with E-state index < -0.39 is 0 Å². The van der Waals surface area contributed by atoms with E-state index in [4.69, 9.17) is 9.47 Å². The van der Waals surface area contributed by atoms with Crippen LogP contribution in [0, 0.1) is 0 Å². The number of para-hydroxylation sites is 2. The van der Waals surface area contributed by atoms with E-state index in [9.17, 15) is 4.79 Å². The first-order valence-electron chi connectivity index (χ1n) is 9.02. The van der Waals surface area contributed by atoms with Crippen molar-refractivity contribution < 1.29 is 9.47 Å². The normalized spacial score (nSPS) is 12.4. The second kappa shape index (κ2) is 7.56. The lowest BCUT2D eigenvalue weighted by molar-refractivity contribution is 0.223. The number of halogens is 1. The molecule has 7 heteroatoms. The molecule has 2 heterocycles. The first-order chi connectivity index (χ1) is 13.5. The van der Waals surface area contributed by atoms with Gasteiger partial charge in [0.2, 0.25) is 0 Å². The predicted molar refractivity (Wildman–Crippen MR) is 117 cm³/mol. The van der Waals surface area contributed by atoms with Crippen molar-refractivity contribution in [2.45, 2.75) is 26.9 Å². The van der Waals surface area contributed by atoms with E-state index in [2.05, 4.69) is 20.9 Å². The summed E-state index contributed by atoms with van der Waals surface area (Å²) >= 11 is 4.97. The van der Waals surface area contributed by atoms with E-state index in [1.165, 1.54) is 11.3 Å². The number of fused-ring (bicyclic) bond motifs is 3. The number of nitrogens with zero attached hydrogens (tertiary/aromatic N) is 2. The summed E-state index contributed by atoms with van der Waals surface area (Å²) in [5.74, 6) is 1.33. The molecule has 28 heavy (non-hydrogen) atoms. The van der Waals surface area contributed by atoms with E-state index in [-0.39, 0.29) is 11.7 Å². The number of thiazole rings is 1. The van der Waals surface area contributed by atoms with Gasteiger partial charge in [-0.1, -0.05) is 39.4 Å². The van der Waals surface area contributed by atoms with Gasteiger partial charge >= 0.3 is 0 Å². The van der Waals surface area contributed by atoms with Crippen molar-refractivity contribution >= 4 is 49.3 Å². The summed E-state index contributed by atoms with van der Waals surface area (Å²) in [7, 11) is 0. The van der Waals surface area contributed by atoms with Gasteiger partial charge in [0.15, 0.2) is 16.5 Å². The van der Waals surface area contributed by atoms with Crippen LogP contribution < -0.4 is 19.6 Å². The lowest BCUT2D eigenvalue weighted by Crippen LogP contribution is -2.22. The Labute approximate surface area is 174 Å². The lowest BCUT2D eigenvalue weighted by Gasteiger charge is -2.16. The summed E-state index contributed by atoms with van der Waals surface area (Å²) in [5.41, 5.74) is 2.44. The molecule has 5 nitrogen and oxygen atoms in total. The van der Waals surface area contributed by atoms with Gasteiger partial charge in [-0.3, -0.25) is 4.79 Å². The molecule has 2 aromatic carbocycles. The van der Waals surface area contributed by atoms with E-state index in [0.29, 0.717) is 27.6 Å². The van der Waals surface area contributed by atoms with Gasteiger partial charge in [-0.2, -0.15) is 0 Å². The van der Waals surface area contributed by atoms with Crippen molar-refractivity contribution in [2.24, 2.45) is 0 Å². The van der Waals surface area contributed by atoms with Crippen LogP contribution in [0.25, 0.3) is 22.1 Å². The number of rotatable bonds is 5. The van der Waals surface area contributed by atoms with E-state index in [1.54, 1.807) is 4.40 Å². The smallest absolute Gasteiger partial charge is 0.274 e. The molecule has 0 aliphatic heterocycles. The number of imidazole rings is 1. The van der Waals surface area contributed by atoms with Gasteiger partial charge in [0.05, 0.1) is 28.3 Å². The van der Waals surface area contributed by atoms with Crippen LogP contribution in [-0.2, 0) is 0 Å². The zero-order chi connectivity index (χ0) is 19.8. The Morgan fingerprint density at radius 2 is 2.04 bits per heavy atom. The van der Waals surface area contributed by atoms with Gasteiger partial charge < -0.3 is 9.47 Å².